The molecule has 0 aromatic rings. The smallest absolute Gasteiger partial charge is 0.229 e. The van der Waals surface area contributed by atoms with Crippen LogP contribution in [0.5, 0.6) is 0 Å². The predicted molar refractivity (Wildman–Crippen MR) is 59.5 cm³/mol. The Morgan fingerprint density at radius 2 is 0.800 bits per heavy atom. The van der Waals surface area contributed by atoms with E-state index in [0.717, 1.165) is 0 Å². The van der Waals surface area contributed by atoms with Crippen LogP contribution in [0, 0.1) is 11.8 Å². The molecule has 0 bridgehead atoms. The summed E-state index contributed by atoms with van der Waals surface area (Å²) >= 11 is 0. The zero-order valence-corrected chi connectivity index (χ0v) is 11.4. The van der Waals surface area contributed by atoms with Gasteiger partial charge in [-0.2, -0.15) is 19.6 Å². The Labute approximate surface area is 114 Å². The van der Waals surface area contributed by atoms with Crippen LogP contribution in [0.1, 0.15) is 27.7 Å². The monoisotopic (exact) mass is 310 g/mol. The molecule has 6 N–H and O–H groups in total. The molecule has 0 spiro atoms. The highest BCUT2D eigenvalue weighted by molar-refractivity contribution is 4.47. The molecular weight excluding hydrogens is 288 g/mol. The van der Waals surface area contributed by atoms with E-state index in [1.807, 2.05) is 0 Å². The Balaban J connectivity index is -0.000000656. The third-order valence-corrected chi connectivity index (χ3v) is 1.61. The van der Waals surface area contributed by atoms with E-state index in [-0.39, 0.29) is 11.8 Å². The van der Waals surface area contributed by atoms with E-state index in [9.17, 15) is 0 Å². The lowest BCUT2D eigenvalue weighted by atomic mass is 10.2. The summed E-state index contributed by atoms with van der Waals surface area (Å²) in [5, 5.41) is 47.2. The van der Waals surface area contributed by atoms with Gasteiger partial charge in [-0.25, -0.2) is 10.5 Å². The van der Waals surface area contributed by atoms with Crippen LogP contribution in [0.25, 0.3) is 0 Å². The van der Waals surface area contributed by atoms with Crippen molar-refractivity contribution < 1.29 is 61.2 Å². The van der Waals surface area contributed by atoms with Gasteiger partial charge < -0.3 is 0 Å². The third-order valence-electron chi connectivity index (χ3n) is 1.61. The van der Waals surface area contributed by atoms with Crippen molar-refractivity contribution in [3.63, 3.8) is 0 Å². The molecule has 0 radical (unpaired) electrons. The van der Waals surface area contributed by atoms with Crippen molar-refractivity contribution >= 4 is 0 Å². The number of hydrogen-bond donors (Lipinski definition) is 6. The Bertz CT molecular complexity index is 148. The summed E-state index contributed by atoms with van der Waals surface area (Å²) in [4.78, 5) is 18.3. The van der Waals surface area contributed by atoms with Crippen LogP contribution in [-0.2, 0) is 29.6 Å². The van der Waals surface area contributed by atoms with Crippen LogP contribution in [0.15, 0.2) is 0 Å². The molecule has 0 aliphatic heterocycles. The van der Waals surface area contributed by atoms with E-state index in [1.54, 1.807) is 27.7 Å². The number of hydrogen-bond acceptors (Lipinski definition) is 12. The van der Waals surface area contributed by atoms with Crippen molar-refractivity contribution in [2.45, 2.75) is 40.3 Å². The molecule has 20 heavy (non-hydrogen) atoms. The first-order chi connectivity index (χ1) is 9.52. The summed E-state index contributed by atoms with van der Waals surface area (Å²) in [6, 6.07) is 0. The summed E-state index contributed by atoms with van der Waals surface area (Å²) in [5.41, 5.74) is 0. The molecule has 12 heteroatoms. The van der Waals surface area contributed by atoms with Crippen LogP contribution in [0.4, 0.5) is 0 Å². The maximum absolute atomic E-state index is 8.11. The zero-order valence-electron chi connectivity index (χ0n) is 11.4. The van der Waals surface area contributed by atoms with E-state index in [0.29, 0.717) is 0 Å². The summed E-state index contributed by atoms with van der Waals surface area (Å²) in [6.45, 7) is 7.00. The lowest BCUT2D eigenvalue weighted by molar-refractivity contribution is -0.604. The average Bonchev–Trinajstić information content (AvgIpc) is 2.45. The van der Waals surface area contributed by atoms with Crippen LogP contribution >= 0.6 is 0 Å². The van der Waals surface area contributed by atoms with E-state index in [1.165, 1.54) is 0 Å². The summed E-state index contributed by atoms with van der Waals surface area (Å²) in [5.74, 6) is -0.287. The molecule has 0 aliphatic carbocycles. The number of rotatable bonds is 9. The lowest BCUT2D eigenvalue weighted by Gasteiger charge is -2.22. The molecule has 2 atom stereocenters. The largest absolute Gasteiger partial charge is 0.255 e. The molecule has 0 amide bonds. The fourth-order valence-electron chi connectivity index (χ4n) is 0.671. The molecule has 0 rings (SSSR count). The second-order valence-electron chi connectivity index (χ2n) is 3.76. The fraction of sp³-hybridized carbons (Fsp3) is 1.00. The first-order valence-electron chi connectivity index (χ1n) is 5.18. The fourth-order valence-corrected chi connectivity index (χ4v) is 0.671. The normalized spacial score (nSPS) is 13.2. The molecule has 2 unspecified atom stereocenters. The van der Waals surface area contributed by atoms with Crippen LogP contribution in [-0.4, -0.2) is 44.1 Å². The standard InChI is InChI=1S/C8H18O8.2H2O2/c1-5(2)7(13-15-9)11-12-8(6(3)4)14-16-10;2*1-2/h5-10H,1-4H3;2*1-2H. The van der Waals surface area contributed by atoms with Crippen molar-refractivity contribution in [1.82, 2.24) is 0 Å². The van der Waals surface area contributed by atoms with Gasteiger partial charge in [-0.15, -0.1) is 0 Å². The Morgan fingerprint density at radius 3 is 0.950 bits per heavy atom. The van der Waals surface area contributed by atoms with Crippen LogP contribution < -0.4 is 0 Å². The maximum atomic E-state index is 8.11. The van der Waals surface area contributed by atoms with E-state index in [2.05, 4.69) is 19.9 Å². The van der Waals surface area contributed by atoms with Crippen LogP contribution in [0.2, 0.25) is 0 Å². The van der Waals surface area contributed by atoms with Gasteiger partial charge in [0.15, 0.2) is 0 Å². The predicted octanol–water partition coefficient (Wildman–Crippen LogP) is 1.78. The van der Waals surface area contributed by atoms with Gasteiger partial charge in [0, 0.05) is 11.8 Å². The van der Waals surface area contributed by atoms with Gasteiger partial charge in [0.25, 0.3) is 0 Å². The van der Waals surface area contributed by atoms with Gasteiger partial charge in [-0.1, -0.05) is 37.8 Å². The van der Waals surface area contributed by atoms with Gasteiger partial charge >= 0.3 is 0 Å². The van der Waals surface area contributed by atoms with Gasteiger partial charge in [0.05, 0.1) is 0 Å². The van der Waals surface area contributed by atoms with Crippen molar-refractivity contribution in [1.29, 1.82) is 0 Å². The molecule has 0 fully saturated rings. The minimum absolute atomic E-state index is 0.144. The lowest BCUT2D eigenvalue weighted by Crippen LogP contribution is -2.30. The zero-order chi connectivity index (χ0) is 16.6. The highest BCUT2D eigenvalue weighted by atomic mass is 17.5. The van der Waals surface area contributed by atoms with E-state index >= 15 is 0 Å². The molecule has 0 aromatic carbocycles. The quantitative estimate of drug-likeness (QED) is 0.207. The van der Waals surface area contributed by atoms with E-state index in [4.69, 9.17) is 41.3 Å². The molecule has 0 aromatic heterocycles. The Kier molecular flexibility index (Phi) is 22.7. The minimum atomic E-state index is -0.950. The second-order valence-corrected chi connectivity index (χ2v) is 3.76. The first-order valence-corrected chi connectivity index (χ1v) is 5.18. The van der Waals surface area contributed by atoms with Gasteiger partial charge in [0.1, 0.15) is 0 Å². The molecule has 0 aliphatic rings. The second kappa shape index (κ2) is 18.5. The summed E-state index contributed by atoms with van der Waals surface area (Å²) < 4.78 is 0. The molecule has 126 valence electrons. The third kappa shape index (κ3) is 13.9. The van der Waals surface area contributed by atoms with Gasteiger partial charge in [-0.05, 0) is 0 Å². The van der Waals surface area contributed by atoms with Crippen molar-refractivity contribution in [3.05, 3.63) is 0 Å². The Hall–Kier alpha value is -0.480. The van der Waals surface area contributed by atoms with Gasteiger partial charge in [-0.3, -0.25) is 21.0 Å². The SMILES string of the molecule is CC(C)C(OOO)OOC(OOO)C(C)C.OO.OO. The van der Waals surface area contributed by atoms with Crippen LogP contribution in [0.3, 0.4) is 0 Å². The molecule has 12 nitrogen and oxygen atoms in total. The minimum Gasteiger partial charge on any atom is -0.255 e. The molecule has 0 saturated heterocycles. The highest BCUT2D eigenvalue weighted by Gasteiger charge is 2.23. The molecule has 0 heterocycles. The summed E-state index contributed by atoms with van der Waals surface area (Å²) in [7, 11) is 0. The first kappa shape index (κ1) is 24.5. The topological polar surface area (TPSA) is 177 Å². The van der Waals surface area contributed by atoms with Crippen molar-refractivity contribution in [3.8, 4) is 0 Å². The van der Waals surface area contributed by atoms with E-state index < -0.39 is 12.6 Å². The van der Waals surface area contributed by atoms with Crippen molar-refractivity contribution in [2.75, 3.05) is 0 Å². The molecule has 0 saturated carbocycles. The maximum Gasteiger partial charge on any atom is 0.229 e. The van der Waals surface area contributed by atoms with Gasteiger partial charge in [0.2, 0.25) is 12.6 Å². The summed E-state index contributed by atoms with van der Waals surface area (Å²) in [6.07, 6.45) is -1.90. The molecular formula is C8H22O12. The van der Waals surface area contributed by atoms with Crippen molar-refractivity contribution in [2.24, 2.45) is 11.8 Å². The average molecular weight is 310 g/mol. The highest BCUT2D eigenvalue weighted by Crippen LogP contribution is 2.14. The Morgan fingerprint density at radius 1 is 0.550 bits per heavy atom.